The number of nitrogens with one attached hydrogen (secondary N) is 1. The molecule has 1 atom stereocenters. The molecule has 0 spiro atoms. The van der Waals surface area contributed by atoms with Crippen LogP contribution >= 0.6 is 0 Å². The fraction of sp³-hybridized carbons (Fsp3) is 0.556. The number of hydroxylamine groups is 2. The lowest BCUT2D eigenvalue weighted by Crippen LogP contribution is -2.54. The van der Waals surface area contributed by atoms with Crippen molar-refractivity contribution in [3.05, 3.63) is 29.3 Å². The van der Waals surface area contributed by atoms with Crippen LogP contribution in [0.4, 0.5) is 13.2 Å². The van der Waals surface area contributed by atoms with Gasteiger partial charge in [-0.2, -0.15) is 18.2 Å². The average molecular weight is 647 g/mol. The number of benzene rings is 1. The van der Waals surface area contributed by atoms with Crippen LogP contribution in [0.15, 0.2) is 18.2 Å². The summed E-state index contributed by atoms with van der Waals surface area (Å²) in [5.41, 5.74) is 4.93. The van der Waals surface area contributed by atoms with Crippen molar-refractivity contribution in [2.75, 3.05) is 59.3 Å². The smallest absolute Gasteiger partial charge is 0.483 e. The second kappa shape index (κ2) is 16.8. The van der Waals surface area contributed by atoms with E-state index < -0.39 is 60.9 Å². The van der Waals surface area contributed by atoms with Gasteiger partial charge in [0.25, 0.3) is 17.7 Å². The molecule has 1 unspecified atom stereocenters. The Morgan fingerprint density at radius 1 is 0.956 bits per heavy atom. The summed E-state index contributed by atoms with van der Waals surface area (Å²) in [6, 6.07) is 2.60. The van der Waals surface area contributed by atoms with Crippen LogP contribution in [0.2, 0.25) is 0 Å². The number of amides is 5. The number of ether oxygens (including phenoxy) is 4. The average Bonchev–Trinajstić information content (AvgIpc) is 3.25. The summed E-state index contributed by atoms with van der Waals surface area (Å²) in [5, 5.41) is 2.23. The zero-order valence-electron chi connectivity index (χ0n) is 24.1. The van der Waals surface area contributed by atoms with Crippen molar-refractivity contribution < 1.29 is 65.7 Å². The number of carbonyl (C=O) groups is 6. The highest BCUT2D eigenvalue weighted by Crippen LogP contribution is 2.33. The summed E-state index contributed by atoms with van der Waals surface area (Å²) in [6.07, 6.45) is -4.89. The second-order valence-electron chi connectivity index (χ2n) is 9.62. The van der Waals surface area contributed by atoms with Crippen molar-refractivity contribution in [2.24, 2.45) is 5.73 Å². The molecule has 15 nitrogen and oxygen atoms in total. The first-order chi connectivity index (χ1) is 21.5. The van der Waals surface area contributed by atoms with E-state index in [0.29, 0.717) is 31.3 Å². The maximum absolute atomic E-state index is 13.2. The van der Waals surface area contributed by atoms with E-state index in [2.05, 4.69) is 10.2 Å². The number of rotatable bonds is 17. The van der Waals surface area contributed by atoms with Gasteiger partial charge in [0.1, 0.15) is 11.8 Å². The third kappa shape index (κ3) is 9.93. The predicted molar refractivity (Wildman–Crippen MR) is 143 cm³/mol. The molecule has 248 valence electrons. The van der Waals surface area contributed by atoms with Gasteiger partial charge in [-0.3, -0.25) is 34.2 Å². The van der Waals surface area contributed by atoms with Gasteiger partial charge >= 0.3 is 12.1 Å². The van der Waals surface area contributed by atoms with Gasteiger partial charge in [-0.1, -0.05) is 6.07 Å². The van der Waals surface area contributed by atoms with Gasteiger partial charge in [-0.05, 0) is 37.9 Å². The molecule has 3 N–H and O–H groups in total. The quantitative estimate of drug-likeness (QED) is 0.132. The second-order valence-corrected chi connectivity index (χ2v) is 9.62. The minimum absolute atomic E-state index is 0.0243. The maximum Gasteiger partial charge on any atom is 0.493 e. The van der Waals surface area contributed by atoms with Gasteiger partial charge in [0, 0.05) is 19.6 Å². The first kappa shape index (κ1) is 35.4. The highest BCUT2D eigenvalue weighted by atomic mass is 19.4. The summed E-state index contributed by atoms with van der Waals surface area (Å²) >= 11 is 0. The summed E-state index contributed by atoms with van der Waals surface area (Å²) in [6.45, 7) is 0.587. The van der Waals surface area contributed by atoms with Gasteiger partial charge in [-0.25, -0.2) is 4.79 Å². The molecular formula is C27H33F3N4O11. The first-order valence-electron chi connectivity index (χ1n) is 14.0. The molecule has 1 aromatic rings. The van der Waals surface area contributed by atoms with Crippen LogP contribution in [0.25, 0.3) is 0 Å². The number of piperidine rings is 1. The minimum Gasteiger partial charge on any atom is -0.483 e. The van der Waals surface area contributed by atoms with Crippen LogP contribution in [0.1, 0.15) is 46.4 Å². The van der Waals surface area contributed by atoms with Crippen LogP contribution in [-0.2, 0) is 38.2 Å². The Bertz CT molecular complexity index is 1260. The van der Waals surface area contributed by atoms with Crippen LogP contribution in [0.5, 0.6) is 5.75 Å². The molecule has 1 aromatic carbocycles. The molecule has 45 heavy (non-hydrogen) atoms. The van der Waals surface area contributed by atoms with Crippen LogP contribution in [0, 0.1) is 0 Å². The van der Waals surface area contributed by atoms with E-state index in [-0.39, 0.29) is 61.0 Å². The van der Waals surface area contributed by atoms with E-state index in [1.807, 2.05) is 0 Å². The lowest BCUT2D eigenvalue weighted by atomic mass is 10.0. The molecule has 0 radical (unpaired) electrons. The van der Waals surface area contributed by atoms with E-state index in [4.69, 9.17) is 24.7 Å². The van der Waals surface area contributed by atoms with Crippen molar-refractivity contribution in [1.82, 2.24) is 15.3 Å². The number of nitrogens with two attached hydrogens (primary N) is 1. The van der Waals surface area contributed by atoms with Crippen molar-refractivity contribution in [2.45, 2.75) is 37.9 Å². The predicted octanol–water partition coefficient (Wildman–Crippen LogP) is 0.104. The summed E-state index contributed by atoms with van der Waals surface area (Å²) in [7, 11) is 0. The molecule has 1 fully saturated rings. The molecule has 1 saturated heterocycles. The zero-order chi connectivity index (χ0) is 33.0. The summed E-state index contributed by atoms with van der Waals surface area (Å²) in [4.78, 5) is 79.1. The number of hydrogen-bond donors (Lipinski definition) is 2. The molecule has 0 bridgehead atoms. The minimum atomic E-state index is -5.40. The van der Waals surface area contributed by atoms with Crippen molar-refractivity contribution in [3.63, 3.8) is 0 Å². The molecule has 2 aliphatic rings. The number of imide groups is 2. The van der Waals surface area contributed by atoms with Crippen molar-refractivity contribution in [3.8, 4) is 5.75 Å². The number of halogens is 3. The Balaban J connectivity index is 1.55. The third-order valence-electron chi connectivity index (χ3n) is 6.37. The molecule has 0 aliphatic carbocycles. The third-order valence-corrected chi connectivity index (χ3v) is 6.37. The summed E-state index contributed by atoms with van der Waals surface area (Å²) < 4.78 is 59.8. The largest absolute Gasteiger partial charge is 0.493 e. The van der Waals surface area contributed by atoms with Crippen LogP contribution in [0.3, 0.4) is 0 Å². The SMILES string of the molecule is NCCCOCCOCCOCCCN(OC(=O)C(F)(F)F)C(=O)COc1cccc2c1C(=O)N(C1CCC(=O)NC1=O)C2=O. The van der Waals surface area contributed by atoms with E-state index >= 15 is 0 Å². The van der Waals surface area contributed by atoms with E-state index in [9.17, 15) is 41.9 Å². The van der Waals surface area contributed by atoms with E-state index in [0.717, 1.165) is 6.42 Å². The monoisotopic (exact) mass is 646 g/mol. The van der Waals surface area contributed by atoms with Crippen molar-refractivity contribution in [1.29, 1.82) is 0 Å². The Hall–Kier alpha value is -4.13. The molecule has 18 heteroatoms. The van der Waals surface area contributed by atoms with E-state index in [1.165, 1.54) is 18.2 Å². The zero-order valence-corrected chi connectivity index (χ0v) is 24.1. The normalized spacial score (nSPS) is 16.4. The van der Waals surface area contributed by atoms with E-state index in [1.54, 1.807) is 0 Å². The number of carbonyl (C=O) groups excluding carboxylic acids is 6. The summed E-state index contributed by atoms with van der Waals surface area (Å²) in [5.74, 6) is -7.26. The van der Waals surface area contributed by atoms with Crippen molar-refractivity contribution >= 4 is 35.5 Å². The van der Waals surface area contributed by atoms with Gasteiger partial charge in [0.2, 0.25) is 11.8 Å². The van der Waals surface area contributed by atoms with Gasteiger partial charge in [-0.15, -0.1) is 0 Å². The Kier molecular flexibility index (Phi) is 13.2. The fourth-order valence-corrected chi connectivity index (χ4v) is 4.23. The fourth-order valence-electron chi connectivity index (χ4n) is 4.23. The highest BCUT2D eigenvalue weighted by Gasteiger charge is 2.46. The highest BCUT2D eigenvalue weighted by molar-refractivity contribution is 6.24. The maximum atomic E-state index is 13.2. The number of nitrogens with zero attached hydrogens (tertiary/aromatic N) is 2. The molecule has 0 aromatic heterocycles. The lowest BCUT2D eigenvalue weighted by Gasteiger charge is -2.27. The molecule has 3 rings (SSSR count). The molecule has 2 aliphatic heterocycles. The van der Waals surface area contributed by atoms with Crippen LogP contribution in [-0.4, -0.2) is 117 Å². The number of hydrogen-bond acceptors (Lipinski definition) is 12. The number of alkyl halides is 3. The lowest BCUT2D eigenvalue weighted by molar-refractivity contribution is -0.237. The Morgan fingerprint density at radius 2 is 1.60 bits per heavy atom. The van der Waals surface area contributed by atoms with Gasteiger partial charge in [0.05, 0.1) is 44.1 Å². The van der Waals surface area contributed by atoms with Gasteiger partial charge < -0.3 is 29.5 Å². The number of fused-ring (bicyclic) bond motifs is 1. The standard InChI is InChI=1S/C27H33F3N4O11/c28-27(29,30)26(40)45-33(9-3-11-42-13-15-43-14-12-41-10-2-8-31)21(36)16-44-19-5-1-4-17-22(19)25(39)34(24(17)38)18-6-7-20(35)32-23(18)37/h1,4-5,18H,2-3,6-16,31H2,(H,32,35,37). The Labute approximate surface area is 254 Å². The van der Waals surface area contributed by atoms with Crippen LogP contribution < -0.4 is 15.8 Å². The molecule has 2 heterocycles. The topological polar surface area (TPSA) is 193 Å². The molecule has 0 saturated carbocycles. The Morgan fingerprint density at radius 3 is 2.22 bits per heavy atom. The molecular weight excluding hydrogens is 613 g/mol. The first-order valence-corrected chi connectivity index (χ1v) is 14.0. The van der Waals surface area contributed by atoms with Gasteiger partial charge in [0.15, 0.2) is 6.61 Å². The molecule has 5 amide bonds.